The van der Waals surface area contributed by atoms with E-state index < -0.39 is 5.91 Å². The van der Waals surface area contributed by atoms with Gasteiger partial charge in [-0.25, -0.2) is 0 Å². The van der Waals surface area contributed by atoms with Crippen molar-refractivity contribution in [2.75, 3.05) is 5.32 Å². The Balaban J connectivity index is 1.72. The summed E-state index contributed by atoms with van der Waals surface area (Å²) in [6.45, 7) is 0.859. The van der Waals surface area contributed by atoms with Crippen LogP contribution in [0.4, 0.5) is 5.69 Å². The largest absolute Gasteiger partial charge is 0.508 e. The molecule has 28 heavy (non-hydrogen) atoms. The zero-order valence-corrected chi connectivity index (χ0v) is 17.8. The molecule has 0 bridgehead atoms. The third-order valence-electron chi connectivity index (χ3n) is 4.70. The average Bonchev–Trinajstić information content (AvgIpc) is 3.08. The highest BCUT2D eigenvalue weighted by Gasteiger charge is 2.12. The van der Waals surface area contributed by atoms with Gasteiger partial charge in [-0.1, -0.05) is 23.9 Å². The van der Waals surface area contributed by atoms with E-state index in [1.807, 2.05) is 42.6 Å². The first-order valence-electron chi connectivity index (χ1n) is 9.17. The van der Waals surface area contributed by atoms with Gasteiger partial charge in [0, 0.05) is 34.1 Å². The third-order valence-corrected chi connectivity index (χ3v) is 5.27. The van der Waals surface area contributed by atoms with E-state index in [4.69, 9.17) is 11.1 Å². The van der Waals surface area contributed by atoms with Gasteiger partial charge in [-0.15, -0.1) is 0 Å². The lowest BCUT2D eigenvalue weighted by atomic mass is 10.1. The average molecular weight is 393 g/mol. The number of hydrogen-bond acceptors (Lipinski definition) is 3. The second-order valence-electron chi connectivity index (χ2n) is 6.58. The summed E-state index contributed by atoms with van der Waals surface area (Å²) in [5, 5.41) is 21.5. The zero-order valence-electron chi connectivity index (χ0n) is 15.8. The van der Waals surface area contributed by atoms with Gasteiger partial charge in [-0.3, -0.25) is 10.2 Å². The smallest absolute Gasteiger partial charge is 0.251 e. The number of hydrogen-bond donors (Lipinski definition) is 4. The van der Waals surface area contributed by atoms with Crippen molar-refractivity contribution in [2.24, 2.45) is 5.73 Å². The number of primary amides is 1. The minimum Gasteiger partial charge on any atom is -0.508 e. The molecule has 5 N–H and O–H groups in total. The molecule has 3 aromatic rings. The molecular formula is C21H24N4O2Si. The van der Waals surface area contributed by atoms with Gasteiger partial charge in [0.2, 0.25) is 0 Å². The maximum Gasteiger partial charge on any atom is 0.251 e. The Morgan fingerprint density at radius 2 is 1.96 bits per heavy atom. The summed E-state index contributed by atoms with van der Waals surface area (Å²) in [7, 11) is 0.651. The van der Waals surface area contributed by atoms with E-state index in [1.54, 1.807) is 17.8 Å². The van der Waals surface area contributed by atoms with Crippen LogP contribution < -0.4 is 11.1 Å². The molecule has 0 saturated heterocycles. The van der Waals surface area contributed by atoms with Crippen molar-refractivity contribution in [3.63, 3.8) is 0 Å². The van der Waals surface area contributed by atoms with Crippen LogP contribution in [-0.4, -0.2) is 31.7 Å². The number of aromatic hydroxyl groups is 1. The number of amides is 1. The Hall–Kier alpha value is -3.32. The van der Waals surface area contributed by atoms with Crippen molar-refractivity contribution in [1.82, 2.24) is 4.57 Å². The Kier molecular flexibility index (Phi) is 5.95. The number of nitrogens with zero attached hydrogens (tertiary/aromatic N) is 1. The summed E-state index contributed by atoms with van der Waals surface area (Å²) in [5.41, 5.74) is 10.3. The van der Waals surface area contributed by atoms with Gasteiger partial charge in [0.15, 0.2) is 0 Å². The highest BCUT2D eigenvalue weighted by atomic mass is 28.1. The molecule has 3 rings (SSSR count). The normalized spacial score (nSPS) is 11.6. The van der Waals surface area contributed by atoms with E-state index in [0.717, 1.165) is 36.0 Å². The number of nitrogens with two attached hydrogens (primary N) is 1. The lowest BCUT2D eigenvalue weighted by molar-refractivity contribution is -0.114. The lowest BCUT2D eigenvalue weighted by Gasteiger charge is -2.11. The van der Waals surface area contributed by atoms with Crippen molar-refractivity contribution >= 4 is 38.6 Å². The fraction of sp³-hybridized carbons (Fsp3) is 0.143. The number of carbonyl (C=O) groups excluding carboxylic acids is 1. The fourth-order valence-electron chi connectivity index (χ4n) is 3.26. The van der Waals surface area contributed by atoms with Gasteiger partial charge in [-0.2, -0.15) is 0 Å². The fourth-order valence-corrected chi connectivity index (χ4v) is 3.83. The summed E-state index contributed by atoms with van der Waals surface area (Å²) in [4.78, 5) is 11.5. The molecule has 2 aromatic carbocycles. The van der Waals surface area contributed by atoms with Crippen LogP contribution in [0, 0.1) is 5.41 Å². The topological polar surface area (TPSA) is 104 Å². The van der Waals surface area contributed by atoms with Crippen LogP contribution in [0.15, 0.2) is 66.0 Å². The van der Waals surface area contributed by atoms with Crippen molar-refractivity contribution in [2.45, 2.75) is 19.4 Å². The summed E-state index contributed by atoms with van der Waals surface area (Å²) in [6.07, 6.45) is 3.93. The van der Waals surface area contributed by atoms with Crippen molar-refractivity contribution in [3.8, 4) is 5.75 Å². The Bertz CT molecular complexity index is 1040. The summed E-state index contributed by atoms with van der Waals surface area (Å²) in [5.74, 6) is -0.285. The second-order valence-corrected chi connectivity index (χ2v) is 7.16. The molecule has 0 saturated carbocycles. The molecule has 0 aliphatic rings. The number of anilines is 1. The molecule has 0 radical (unpaired) electrons. The molecule has 0 atom stereocenters. The number of phenolic OH excluding ortho intramolecular Hbond substituents is 1. The number of nitrogens with one attached hydrogen (secondary N) is 2. The SMILES string of the molecule is N=C(Nc1cccc2c1ccn2CCCc1ccc(O)cc1)/C(=C\[SiH3])C(N)=O. The Morgan fingerprint density at radius 1 is 1.21 bits per heavy atom. The van der Waals surface area contributed by atoms with Crippen LogP contribution in [0.5, 0.6) is 5.75 Å². The first-order chi connectivity index (χ1) is 13.5. The van der Waals surface area contributed by atoms with E-state index in [0.29, 0.717) is 10.2 Å². The van der Waals surface area contributed by atoms with Crippen LogP contribution in [0.3, 0.4) is 0 Å². The van der Waals surface area contributed by atoms with E-state index in [1.165, 1.54) is 5.56 Å². The lowest BCUT2D eigenvalue weighted by Crippen LogP contribution is -2.25. The minimum absolute atomic E-state index is 0.0232. The second kappa shape index (κ2) is 8.58. The zero-order chi connectivity index (χ0) is 20.1. The van der Waals surface area contributed by atoms with Crippen LogP contribution in [0.2, 0.25) is 0 Å². The number of aryl methyl sites for hydroxylation is 2. The number of benzene rings is 2. The summed E-state index contributed by atoms with van der Waals surface area (Å²) in [6, 6.07) is 15.2. The molecule has 0 unspecified atom stereocenters. The molecule has 0 spiro atoms. The van der Waals surface area contributed by atoms with E-state index in [-0.39, 0.29) is 17.2 Å². The van der Waals surface area contributed by atoms with Crippen LogP contribution in [-0.2, 0) is 17.8 Å². The molecule has 0 fully saturated rings. The number of amidine groups is 1. The highest BCUT2D eigenvalue weighted by molar-refractivity contribution is 6.31. The number of fused-ring (bicyclic) bond motifs is 1. The molecular weight excluding hydrogens is 368 g/mol. The monoisotopic (exact) mass is 392 g/mol. The number of aromatic nitrogens is 1. The predicted octanol–water partition coefficient (Wildman–Crippen LogP) is 2.10. The molecule has 1 amide bonds. The van der Waals surface area contributed by atoms with E-state index >= 15 is 0 Å². The maximum absolute atomic E-state index is 11.5. The first-order valence-corrected chi connectivity index (χ1v) is 10.3. The van der Waals surface area contributed by atoms with Gasteiger partial charge >= 0.3 is 0 Å². The third kappa shape index (κ3) is 4.32. The highest BCUT2D eigenvalue weighted by Crippen LogP contribution is 2.25. The Morgan fingerprint density at radius 3 is 2.64 bits per heavy atom. The van der Waals surface area contributed by atoms with Gasteiger partial charge in [-0.05, 0) is 48.7 Å². The molecule has 6 nitrogen and oxygen atoms in total. The van der Waals surface area contributed by atoms with Crippen LogP contribution in [0.1, 0.15) is 12.0 Å². The van der Waals surface area contributed by atoms with E-state index in [2.05, 4.69) is 9.88 Å². The molecule has 0 aliphatic carbocycles. The van der Waals surface area contributed by atoms with Gasteiger partial charge in [0.05, 0.1) is 11.1 Å². The standard InChI is InChI=1S/C21H24N4O2Si/c22-20(17(13-28)21(23)27)24-18-4-1-5-19-16(18)10-12-25(19)11-2-3-14-6-8-15(26)9-7-14/h1,4-10,12-13,26H,2-3,11H2,28H3,(H2,22,24)(H2,23,27)/b17-13+. The van der Waals surface area contributed by atoms with Gasteiger partial charge in [0.1, 0.15) is 11.6 Å². The van der Waals surface area contributed by atoms with Crippen molar-refractivity contribution in [3.05, 3.63) is 71.6 Å². The molecule has 0 aliphatic heterocycles. The summed E-state index contributed by atoms with van der Waals surface area (Å²) >= 11 is 0. The molecule has 1 heterocycles. The molecule has 144 valence electrons. The molecule has 7 heteroatoms. The quantitative estimate of drug-likeness (QED) is 0.214. The van der Waals surface area contributed by atoms with Gasteiger partial charge < -0.3 is 20.7 Å². The number of carbonyl (C=O) groups is 1. The van der Waals surface area contributed by atoms with E-state index in [9.17, 15) is 9.90 Å². The van der Waals surface area contributed by atoms with Crippen LogP contribution in [0.25, 0.3) is 10.9 Å². The van der Waals surface area contributed by atoms with Crippen molar-refractivity contribution in [1.29, 1.82) is 5.41 Å². The van der Waals surface area contributed by atoms with Crippen LogP contribution >= 0.6 is 0 Å². The number of phenols is 1. The minimum atomic E-state index is -0.591. The maximum atomic E-state index is 11.5. The number of rotatable bonds is 7. The van der Waals surface area contributed by atoms with Gasteiger partial charge in [0.25, 0.3) is 5.91 Å². The summed E-state index contributed by atoms with van der Waals surface area (Å²) < 4.78 is 2.18. The Labute approximate surface area is 166 Å². The first kappa shape index (κ1) is 19.4. The van der Waals surface area contributed by atoms with Crippen molar-refractivity contribution < 1.29 is 9.90 Å². The molecule has 1 aromatic heterocycles. The predicted molar refractivity (Wildman–Crippen MR) is 117 cm³/mol.